The molecule has 0 aliphatic rings. The van der Waals surface area contributed by atoms with Crippen molar-refractivity contribution in [1.29, 1.82) is 0 Å². The van der Waals surface area contributed by atoms with Gasteiger partial charge in [-0.3, -0.25) is 4.98 Å². The molecule has 0 atom stereocenters. The Labute approximate surface area is 134 Å². The van der Waals surface area contributed by atoms with Crippen LogP contribution in [0.2, 0.25) is 0 Å². The Balaban J connectivity index is 1.99. The number of hydrogen-bond acceptors (Lipinski definition) is 3. The lowest BCUT2D eigenvalue weighted by Gasteiger charge is -2.09. The van der Waals surface area contributed by atoms with Gasteiger partial charge in [0, 0.05) is 28.4 Å². The van der Waals surface area contributed by atoms with Gasteiger partial charge in [-0.05, 0) is 24.3 Å². The van der Waals surface area contributed by atoms with Crippen LogP contribution in [0.5, 0.6) is 0 Å². The van der Waals surface area contributed by atoms with Crippen molar-refractivity contribution in [2.75, 3.05) is 5.73 Å². The number of aromatic nitrogens is 2. The first-order valence-electron chi connectivity index (χ1n) is 7.48. The van der Waals surface area contributed by atoms with Crippen LogP contribution in [0.25, 0.3) is 33.4 Å². The van der Waals surface area contributed by atoms with Gasteiger partial charge < -0.3 is 5.73 Å². The summed E-state index contributed by atoms with van der Waals surface area (Å²) in [6.07, 6.45) is 1.80. The van der Waals surface area contributed by atoms with Crippen LogP contribution in [0.3, 0.4) is 0 Å². The second-order valence-corrected chi connectivity index (χ2v) is 5.42. The third-order valence-electron chi connectivity index (χ3n) is 3.84. The molecule has 3 nitrogen and oxygen atoms in total. The van der Waals surface area contributed by atoms with Crippen LogP contribution in [-0.2, 0) is 0 Å². The summed E-state index contributed by atoms with van der Waals surface area (Å²) in [4.78, 5) is 9.39. The van der Waals surface area contributed by atoms with Gasteiger partial charge in [0.05, 0.1) is 16.9 Å². The van der Waals surface area contributed by atoms with E-state index >= 15 is 0 Å². The number of fused-ring (bicyclic) bond motifs is 1. The van der Waals surface area contributed by atoms with Crippen LogP contribution in [-0.4, -0.2) is 9.97 Å². The van der Waals surface area contributed by atoms with Crippen molar-refractivity contribution in [3.63, 3.8) is 0 Å². The van der Waals surface area contributed by atoms with Crippen LogP contribution < -0.4 is 5.73 Å². The molecule has 0 saturated heterocycles. The Bertz CT molecular complexity index is 961. The highest BCUT2D eigenvalue weighted by atomic mass is 14.8. The Morgan fingerprint density at radius 3 is 2.30 bits per heavy atom. The van der Waals surface area contributed by atoms with Crippen molar-refractivity contribution in [3.8, 4) is 22.5 Å². The maximum absolute atomic E-state index is 5.79. The Kier molecular flexibility index (Phi) is 3.24. The largest absolute Gasteiger partial charge is 0.399 e. The van der Waals surface area contributed by atoms with Gasteiger partial charge in [-0.25, -0.2) is 4.98 Å². The van der Waals surface area contributed by atoms with Gasteiger partial charge in [0.2, 0.25) is 0 Å². The predicted molar refractivity (Wildman–Crippen MR) is 94.8 cm³/mol. The van der Waals surface area contributed by atoms with E-state index in [2.05, 4.69) is 29.2 Å². The van der Waals surface area contributed by atoms with Crippen LogP contribution >= 0.6 is 0 Å². The number of hydrogen-bond donors (Lipinski definition) is 1. The molecule has 4 aromatic rings. The van der Waals surface area contributed by atoms with E-state index in [1.165, 1.54) is 0 Å². The summed E-state index contributed by atoms with van der Waals surface area (Å²) in [5, 5.41) is 1.08. The van der Waals surface area contributed by atoms with Crippen LogP contribution in [0, 0.1) is 0 Å². The first kappa shape index (κ1) is 13.5. The van der Waals surface area contributed by atoms with E-state index in [0.29, 0.717) is 0 Å². The van der Waals surface area contributed by atoms with E-state index in [4.69, 9.17) is 10.7 Å². The van der Waals surface area contributed by atoms with Gasteiger partial charge in [0.1, 0.15) is 0 Å². The minimum atomic E-state index is 0.750. The maximum Gasteiger partial charge on any atom is 0.0972 e. The minimum Gasteiger partial charge on any atom is -0.399 e. The lowest BCUT2D eigenvalue weighted by atomic mass is 10.0. The Morgan fingerprint density at radius 1 is 0.739 bits per heavy atom. The third kappa shape index (κ3) is 2.53. The maximum atomic E-state index is 5.79. The van der Waals surface area contributed by atoms with Gasteiger partial charge in [0.25, 0.3) is 0 Å². The van der Waals surface area contributed by atoms with E-state index in [0.717, 1.165) is 39.1 Å². The molecule has 0 bridgehead atoms. The highest BCUT2D eigenvalue weighted by Crippen LogP contribution is 2.29. The summed E-state index contributed by atoms with van der Waals surface area (Å²) < 4.78 is 0. The summed E-state index contributed by atoms with van der Waals surface area (Å²) in [6.45, 7) is 0. The van der Waals surface area contributed by atoms with E-state index in [1.807, 2.05) is 48.5 Å². The first-order valence-corrected chi connectivity index (χ1v) is 7.48. The van der Waals surface area contributed by atoms with E-state index in [1.54, 1.807) is 6.20 Å². The van der Waals surface area contributed by atoms with E-state index in [-0.39, 0.29) is 0 Å². The van der Waals surface area contributed by atoms with Gasteiger partial charge >= 0.3 is 0 Å². The van der Waals surface area contributed by atoms with Crippen molar-refractivity contribution in [3.05, 3.63) is 79.0 Å². The summed E-state index contributed by atoms with van der Waals surface area (Å²) in [7, 11) is 0. The van der Waals surface area contributed by atoms with Crippen LogP contribution in [0.15, 0.2) is 79.0 Å². The number of anilines is 1. The SMILES string of the molecule is Nc1ccc(-c2cc3cccnc3c(-c3ccccc3)n2)cc1. The standard InChI is InChI=1S/C20H15N3/c21-17-10-8-14(9-11-17)18-13-16-7-4-12-22-19(16)20(23-18)15-5-2-1-3-6-15/h1-13H,21H2. The first-order chi connectivity index (χ1) is 11.3. The summed E-state index contributed by atoms with van der Waals surface area (Å²) in [6, 6.07) is 24.0. The monoisotopic (exact) mass is 297 g/mol. The highest BCUT2D eigenvalue weighted by molar-refractivity contribution is 5.93. The van der Waals surface area contributed by atoms with Crippen molar-refractivity contribution in [2.45, 2.75) is 0 Å². The molecule has 0 aliphatic carbocycles. The number of nitrogen functional groups attached to an aromatic ring is 1. The molecule has 0 radical (unpaired) electrons. The molecule has 2 N–H and O–H groups in total. The number of rotatable bonds is 2. The molecule has 0 spiro atoms. The molecule has 0 amide bonds. The number of pyridine rings is 2. The number of benzene rings is 2. The summed E-state index contributed by atoms with van der Waals surface area (Å²) in [5.74, 6) is 0. The van der Waals surface area contributed by atoms with E-state index in [9.17, 15) is 0 Å². The van der Waals surface area contributed by atoms with Gasteiger partial charge in [-0.15, -0.1) is 0 Å². The van der Waals surface area contributed by atoms with Gasteiger partial charge in [0.15, 0.2) is 0 Å². The second kappa shape index (κ2) is 5.54. The molecule has 2 heterocycles. The fourth-order valence-electron chi connectivity index (χ4n) is 2.68. The molecule has 0 fully saturated rings. The molecular weight excluding hydrogens is 282 g/mol. The van der Waals surface area contributed by atoms with Crippen LogP contribution in [0.1, 0.15) is 0 Å². The van der Waals surface area contributed by atoms with Crippen molar-refractivity contribution < 1.29 is 0 Å². The zero-order valence-corrected chi connectivity index (χ0v) is 12.5. The normalized spacial score (nSPS) is 10.8. The average molecular weight is 297 g/mol. The topological polar surface area (TPSA) is 51.8 Å². The molecule has 0 saturated carbocycles. The zero-order chi connectivity index (χ0) is 15.6. The Hall–Kier alpha value is -3.20. The lowest BCUT2D eigenvalue weighted by molar-refractivity contribution is 1.31. The summed E-state index contributed by atoms with van der Waals surface area (Å²) in [5.41, 5.74) is 11.4. The molecule has 23 heavy (non-hydrogen) atoms. The molecule has 0 aliphatic heterocycles. The Morgan fingerprint density at radius 2 is 1.52 bits per heavy atom. The quantitative estimate of drug-likeness (QED) is 0.552. The fourth-order valence-corrected chi connectivity index (χ4v) is 2.68. The minimum absolute atomic E-state index is 0.750. The average Bonchev–Trinajstić information content (AvgIpc) is 2.62. The lowest BCUT2D eigenvalue weighted by Crippen LogP contribution is -1.93. The third-order valence-corrected chi connectivity index (χ3v) is 3.84. The van der Waals surface area contributed by atoms with Gasteiger partial charge in [-0.2, -0.15) is 0 Å². The van der Waals surface area contributed by atoms with Crippen molar-refractivity contribution >= 4 is 16.6 Å². The van der Waals surface area contributed by atoms with Crippen molar-refractivity contribution in [2.24, 2.45) is 0 Å². The predicted octanol–water partition coefficient (Wildman–Crippen LogP) is 4.55. The smallest absolute Gasteiger partial charge is 0.0972 e. The zero-order valence-electron chi connectivity index (χ0n) is 12.5. The molecule has 110 valence electrons. The van der Waals surface area contributed by atoms with Crippen molar-refractivity contribution in [1.82, 2.24) is 9.97 Å². The number of nitrogens with zero attached hydrogens (tertiary/aromatic N) is 2. The molecule has 2 aromatic carbocycles. The molecular formula is C20H15N3. The fraction of sp³-hybridized carbons (Fsp3) is 0. The molecule has 0 unspecified atom stereocenters. The van der Waals surface area contributed by atoms with Gasteiger partial charge in [-0.1, -0.05) is 48.5 Å². The van der Waals surface area contributed by atoms with Crippen LogP contribution in [0.4, 0.5) is 5.69 Å². The van der Waals surface area contributed by atoms with E-state index < -0.39 is 0 Å². The molecule has 2 aromatic heterocycles. The summed E-state index contributed by atoms with van der Waals surface area (Å²) >= 11 is 0. The number of nitrogens with two attached hydrogens (primary N) is 1. The highest BCUT2D eigenvalue weighted by Gasteiger charge is 2.10. The molecule has 4 rings (SSSR count). The second-order valence-electron chi connectivity index (χ2n) is 5.42. The molecule has 3 heteroatoms.